The molecule has 0 spiro atoms. The van der Waals surface area contributed by atoms with Gasteiger partial charge in [0.25, 0.3) is 5.91 Å². The van der Waals surface area contributed by atoms with Crippen LogP contribution in [0.5, 0.6) is 0 Å². The Morgan fingerprint density at radius 2 is 1.92 bits per heavy atom. The number of rotatable bonds is 4. The summed E-state index contributed by atoms with van der Waals surface area (Å²) in [7, 11) is 0. The molecule has 0 atom stereocenters. The molecule has 0 unspecified atom stereocenters. The van der Waals surface area contributed by atoms with Gasteiger partial charge in [-0.15, -0.1) is 0 Å². The van der Waals surface area contributed by atoms with Gasteiger partial charge in [-0.2, -0.15) is 5.26 Å². The van der Waals surface area contributed by atoms with Crippen LogP contribution >= 0.6 is 11.6 Å². The van der Waals surface area contributed by atoms with Gasteiger partial charge < -0.3 is 10.6 Å². The zero-order valence-electron chi connectivity index (χ0n) is 14.0. The number of pyridine rings is 1. The maximum absolute atomic E-state index is 12.4. The number of para-hydroxylation sites is 1. The van der Waals surface area contributed by atoms with E-state index in [1.165, 1.54) is 6.20 Å². The fourth-order valence-electron chi connectivity index (χ4n) is 2.35. The lowest BCUT2D eigenvalue weighted by Crippen LogP contribution is -2.13. The summed E-state index contributed by atoms with van der Waals surface area (Å²) in [6, 6.07) is 17.9. The summed E-state index contributed by atoms with van der Waals surface area (Å²) in [4.78, 5) is 16.6. The summed E-state index contributed by atoms with van der Waals surface area (Å²) in [5.41, 5.74) is 3.18. The Morgan fingerprint density at radius 1 is 1.12 bits per heavy atom. The Labute approximate surface area is 156 Å². The fraction of sp³-hybridized carbons (Fsp3) is 0.0500. The first-order chi connectivity index (χ1) is 12.6. The second-order valence-corrected chi connectivity index (χ2v) is 6.06. The van der Waals surface area contributed by atoms with Gasteiger partial charge >= 0.3 is 0 Å². The molecule has 1 amide bonds. The number of nitrogens with zero attached hydrogens (tertiary/aromatic N) is 2. The van der Waals surface area contributed by atoms with E-state index in [4.69, 9.17) is 16.9 Å². The number of aryl methyl sites for hydroxylation is 1. The highest BCUT2D eigenvalue weighted by molar-refractivity contribution is 6.31. The van der Waals surface area contributed by atoms with Gasteiger partial charge in [-0.05, 0) is 48.9 Å². The molecule has 1 heterocycles. The van der Waals surface area contributed by atoms with Crippen LogP contribution in [0.1, 0.15) is 21.5 Å². The molecule has 0 bridgehead atoms. The minimum Gasteiger partial charge on any atom is -0.339 e. The average Bonchev–Trinajstić information content (AvgIpc) is 2.65. The molecule has 2 N–H and O–H groups in total. The first-order valence-corrected chi connectivity index (χ1v) is 8.24. The van der Waals surface area contributed by atoms with Gasteiger partial charge in [0.05, 0.1) is 16.8 Å². The maximum Gasteiger partial charge on any atom is 0.257 e. The predicted molar refractivity (Wildman–Crippen MR) is 103 cm³/mol. The molecule has 0 aliphatic rings. The molecule has 5 nitrogen and oxygen atoms in total. The van der Waals surface area contributed by atoms with Crippen molar-refractivity contribution >= 4 is 34.7 Å². The van der Waals surface area contributed by atoms with Crippen LogP contribution in [0.4, 0.5) is 17.2 Å². The van der Waals surface area contributed by atoms with Gasteiger partial charge in [0.2, 0.25) is 0 Å². The van der Waals surface area contributed by atoms with E-state index >= 15 is 0 Å². The monoisotopic (exact) mass is 362 g/mol. The van der Waals surface area contributed by atoms with Crippen molar-refractivity contribution < 1.29 is 4.79 Å². The molecule has 0 fully saturated rings. The minimum atomic E-state index is -0.271. The number of nitrogens with one attached hydrogen (secondary N) is 2. The molecular formula is C20H15ClN4O. The second kappa shape index (κ2) is 7.68. The third-order valence-electron chi connectivity index (χ3n) is 3.78. The molecule has 26 heavy (non-hydrogen) atoms. The Balaban J connectivity index is 1.74. The lowest BCUT2D eigenvalue weighted by atomic mass is 10.2. The van der Waals surface area contributed by atoms with Gasteiger partial charge in [-0.25, -0.2) is 4.98 Å². The number of amides is 1. The van der Waals surface area contributed by atoms with Gasteiger partial charge in [-0.1, -0.05) is 29.8 Å². The van der Waals surface area contributed by atoms with E-state index in [1.807, 2.05) is 19.1 Å². The lowest BCUT2D eigenvalue weighted by Gasteiger charge is -2.10. The third-order valence-corrected chi connectivity index (χ3v) is 4.02. The fourth-order valence-corrected chi connectivity index (χ4v) is 2.53. The van der Waals surface area contributed by atoms with Gasteiger partial charge in [0.15, 0.2) is 0 Å². The Kier molecular flexibility index (Phi) is 5.16. The molecule has 3 rings (SSSR count). The molecule has 0 saturated carbocycles. The van der Waals surface area contributed by atoms with Crippen molar-refractivity contribution in [3.8, 4) is 6.07 Å². The van der Waals surface area contributed by atoms with Crippen LogP contribution in [0.25, 0.3) is 0 Å². The maximum atomic E-state index is 12.4. The van der Waals surface area contributed by atoms with Crippen molar-refractivity contribution in [2.45, 2.75) is 6.92 Å². The van der Waals surface area contributed by atoms with Gasteiger partial charge in [0.1, 0.15) is 11.9 Å². The average molecular weight is 363 g/mol. The van der Waals surface area contributed by atoms with Crippen molar-refractivity contribution in [2.24, 2.45) is 0 Å². The number of benzene rings is 2. The van der Waals surface area contributed by atoms with Crippen molar-refractivity contribution in [3.63, 3.8) is 0 Å². The number of halogens is 1. The second-order valence-electron chi connectivity index (χ2n) is 5.63. The minimum absolute atomic E-state index is 0.271. The number of hydrogen-bond donors (Lipinski definition) is 2. The highest BCUT2D eigenvalue weighted by Crippen LogP contribution is 2.22. The van der Waals surface area contributed by atoms with Crippen LogP contribution in [0.3, 0.4) is 0 Å². The van der Waals surface area contributed by atoms with Crippen LogP contribution in [0.15, 0.2) is 60.8 Å². The van der Waals surface area contributed by atoms with E-state index in [0.717, 1.165) is 5.56 Å². The van der Waals surface area contributed by atoms with E-state index in [-0.39, 0.29) is 5.91 Å². The summed E-state index contributed by atoms with van der Waals surface area (Å²) in [5.74, 6) is 0.273. The predicted octanol–water partition coefficient (Wildman–Crippen LogP) is 4.91. The molecule has 2 aromatic carbocycles. The van der Waals surface area contributed by atoms with E-state index in [9.17, 15) is 4.79 Å². The molecular weight excluding hydrogens is 348 g/mol. The topological polar surface area (TPSA) is 77.8 Å². The molecule has 6 heteroatoms. The quantitative estimate of drug-likeness (QED) is 0.691. The van der Waals surface area contributed by atoms with Crippen LogP contribution in [0.2, 0.25) is 5.02 Å². The lowest BCUT2D eigenvalue weighted by molar-refractivity contribution is 0.102. The summed E-state index contributed by atoms with van der Waals surface area (Å²) in [6.07, 6.45) is 1.48. The first-order valence-electron chi connectivity index (χ1n) is 7.86. The summed E-state index contributed by atoms with van der Waals surface area (Å²) >= 11 is 5.97. The van der Waals surface area contributed by atoms with E-state index in [0.29, 0.717) is 33.3 Å². The van der Waals surface area contributed by atoms with Gasteiger partial charge in [0, 0.05) is 16.9 Å². The molecule has 0 saturated heterocycles. The van der Waals surface area contributed by atoms with Crippen molar-refractivity contribution in [2.75, 3.05) is 10.6 Å². The molecule has 0 aliphatic carbocycles. The molecule has 128 valence electrons. The van der Waals surface area contributed by atoms with Crippen LogP contribution in [0, 0.1) is 18.3 Å². The molecule has 0 radical (unpaired) electrons. The molecule has 1 aromatic heterocycles. The smallest absolute Gasteiger partial charge is 0.257 e. The number of carbonyl (C=O) groups is 1. The van der Waals surface area contributed by atoms with Crippen molar-refractivity contribution in [3.05, 3.63) is 82.5 Å². The molecule has 3 aromatic rings. The third kappa shape index (κ3) is 4.00. The van der Waals surface area contributed by atoms with Crippen LogP contribution in [-0.2, 0) is 0 Å². The Bertz CT molecular complexity index is 993. The SMILES string of the molecule is Cc1ccc(Cl)cc1NC(=O)c1ccc(Nc2ccccc2C#N)nc1. The van der Waals surface area contributed by atoms with Crippen LogP contribution < -0.4 is 10.6 Å². The largest absolute Gasteiger partial charge is 0.339 e. The summed E-state index contributed by atoms with van der Waals surface area (Å²) < 4.78 is 0. The van der Waals surface area contributed by atoms with E-state index in [1.54, 1.807) is 42.5 Å². The number of hydrogen-bond acceptors (Lipinski definition) is 4. The Morgan fingerprint density at radius 3 is 2.65 bits per heavy atom. The number of carbonyl (C=O) groups excluding carboxylic acids is 1. The highest BCUT2D eigenvalue weighted by atomic mass is 35.5. The van der Waals surface area contributed by atoms with Crippen LogP contribution in [-0.4, -0.2) is 10.9 Å². The zero-order valence-corrected chi connectivity index (χ0v) is 14.7. The normalized spacial score (nSPS) is 10.0. The Hall–Kier alpha value is -3.36. The van der Waals surface area contributed by atoms with Gasteiger partial charge in [-0.3, -0.25) is 4.79 Å². The highest BCUT2D eigenvalue weighted by Gasteiger charge is 2.09. The van der Waals surface area contributed by atoms with E-state index in [2.05, 4.69) is 21.7 Å². The summed E-state index contributed by atoms with van der Waals surface area (Å²) in [5, 5.41) is 15.6. The number of aromatic nitrogens is 1. The zero-order chi connectivity index (χ0) is 18.5. The molecule has 0 aliphatic heterocycles. The van der Waals surface area contributed by atoms with Crippen molar-refractivity contribution in [1.82, 2.24) is 4.98 Å². The standard InChI is InChI=1S/C20H15ClN4O/c1-13-6-8-16(21)10-18(13)25-20(26)15-7-9-19(23-12-15)24-17-5-3-2-4-14(17)11-22/h2-10,12H,1H3,(H,23,24)(H,25,26). The first kappa shape index (κ1) is 17.5. The van der Waals surface area contributed by atoms with E-state index < -0.39 is 0 Å². The number of nitriles is 1. The summed E-state index contributed by atoms with van der Waals surface area (Å²) in [6.45, 7) is 1.89. The van der Waals surface area contributed by atoms with Crippen molar-refractivity contribution in [1.29, 1.82) is 5.26 Å². The number of anilines is 3.